The summed E-state index contributed by atoms with van der Waals surface area (Å²) in [5.41, 5.74) is 8.72. The van der Waals surface area contributed by atoms with E-state index in [0.717, 1.165) is 17.8 Å². The van der Waals surface area contributed by atoms with E-state index in [0.29, 0.717) is 0 Å². The Morgan fingerprint density at radius 3 is 2.92 bits per heavy atom. The number of nitrogen functional groups attached to an aromatic ring is 1. The summed E-state index contributed by atoms with van der Waals surface area (Å²) in [5.74, 6) is 0. The van der Waals surface area contributed by atoms with Crippen molar-refractivity contribution in [1.29, 1.82) is 0 Å². The summed E-state index contributed by atoms with van der Waals surface area (Å²) < 4.78 is 0. The summed E-state index contributed by atoms with van der Waals surface area (Å²) in [6.07, 6.45) is 2.75. The lowest BCUT2D eigenvalue weighted by Crippen LogP contribution is -1.96. The van der Waals surface area contributed by atoms with Crippen molar-refractivity contribution in [3.05, 3.63) is 36.4 Å². The Balaban J connectivity index is 3.01. The zero-order chi connectivity index (χ0) is 8.97. The third kappa shape index (κ3) is 1.78. The van der Waals surface area contributed by atoms with Gasteiger partial charge >= 0.3 is 0 Å². The van der Waals surface area contributed by atoms with Crippen LogP contribution in [0.15, 0.2) is 30.9 Å². The van der Waals surface area contributed by atoms with Crippen molar-refractivity contribution in [3.8, 4) is 0 Å². The van der Waals surface area contributed by atoms with Crippen molar-refractivity contribution in [2.75, 3.05) is 18.1 Å². The van der Waals surface area contributed by atoms with Gasteiger partial charge in [0.15, 0.2) is 0 Å². The second-order valence-electron chi connectivity index (χ2n) is 2.66. The highest BCUT2D eigenvalue weighted by Gasteiger charge is 1.98. The molecule has 0 atom stereocenters. The topological polar surface area (TPSA) is 38.0 Å². The quantitative estimate of drug-likeness (QED) is 0.527. The number of anilines is 2. The van der Waals surface area contributed by atoms with Crippen LogP contribution < -0.4 is 11.1 Å². The normalized spacial score (nSPS) is 9.42. The summed E-state index contributed by atoms with van der Waals surface area (Å²) in [4.78, 5) is 0. The van der Waals surface area contributed by atoms with Crippen LogP contribution in [0.1, 0.15) is 5.56 Å². The van der Waals surface area contributed by atoms with Gasteiger partial charge in [-0.15, -0.1) is 6.58 Å². The fourth-order valence-corrected chi connectivity index (χ4v) is 1.16. The van der Waals surface area contributed by atoms with Crippen LogP contribution in [0.2, 0.25) is 0 Å². The number of hydrogen-bond donors (Lipinski definition) is 2. The Hall–Kier alpha value is -1.44. The van der Waals surface area contributed by atoms with E-state index in [9.17, 15) is 0 Å². The van der Waals surface area contributed by atoms with E-state index in [4.69, 9.17) is 5.73 Å². The molecule has 64 valence electrons. The maximum atomic E-state index is 5.63. The van der Waals surface area contributed by atoms with Gasteiger partial charge in [0.05, 0.1) is 0 Å². The minimum absolute atomic E-state index is 0.784. The van der Waals surface area contributed by atoms with Crippen LogP contribution in [0, 0.1) is 0 Å². The van der Waals surface area contributed by atoms with Gasteiger partial charge < -0.3 is 11.1 Å². The van der Waals surface area contributed by atoms with Gasteiger partial charge in [-0.1, -0.05) is 12.1 Å². The molecule has 0 bridgehead atoms. The van der Waals surface area contributed by atoms with Crippen LogP contribution in [0.4, 0.5) is 11.4 Å². The van der Waals surface area contributed by atoms with E-state index in [1.807, 2.05) is 31.3 Å². The van der Waals surface area contributed by atoms with Gasteiger partial charge in [-0.05, 0) is 24.1 Å². The van der Waals surface area contributed by atoms with Gasteiger partial charge in [-0.2, -0.15) is 0 Å². The van der Waals surface area contributed by atoms with Crippen molar-refractivity contribution in [1.82, 2.24) is 0 Å². The van der Waals surface area contributed by atoms with Crippen LogP contribution in [-0.4, -0.2) is 7.05 Å². The van der Waals surface area contributed by atoms with Crippen molar-refractivity contribution in [2.45, 2.75) is 6.42 Å². The predicted molar refractivity (Wildman–Crippen MR) is 54.3 cm³/mol. The zero-order valence-electron chi connectivity index (χ0n) is 7.30. The molecule has 0 aromatic heterocycles. The first kappa shape index (κ1) is 8.65. The molecule has 0 heterocycles. The lowest BCUT2D eigenvalue weighted by Gasteiger charge is -2.07. The fraction of sp³-hybridized carbons (Fsp3) is 0.200. The van der Waals surface area contributed by atoms with Crippen molar-refractivity contribution in [3.63, 3.8) is 0 Å². The third-order valence-electron chi connectivity index (χ3n) is 1.77. The van der Waals surface area contributed by atoms with E-state index < -0.39 is 0 Å². The highest BCUT2D eigenvalue weighted by molar-refractivity contribution is 5.59. The molecular weight excluding hydrogens is 148 g/mol. The Morgan fingerprint density at radius 1 is 1.58 bits per heavy atom. The molecule has 0 saturated carbocycles. The van der Waals surface area contributed by atoms with Gasteiger partial charge in [0.1, 0.15) is 0 Å². The van der Waals surface area contributed by atoms with Crippen LogP contribution in [0.25, 0.3) is 0 Å². The van der Waals surface area contributed by atoms with Crippen LogP contribution in [0.3, 0.4) is 0 Å². The van der Waals surface area contributed by atoms with Gasteiger partial charge in [-0.25, -0.2) is 0 Å². The molecule has 0 fully saturated rings. The average molecular weight is 162 g/mol. The second-order valence-corrected chi connectivity index (χ2v) is 2.66. The molecule has 1 aromatic carbocycles. The Kier molecular flexibility index (Phi) is 2.75. The molecule has 0 aliphatic heterocycles. The molecular formula is C10H14N2. The van der Waals surface area contributed by atoms with Crippen LogP contribution >= 0.6 is 0 Å². The molecule has 0 spiro atoms. The highest BCUT2D eigenvalue weighted by Crippen LogP contribution is 2.19. The van der Waals surface area contributed by atoms with Crippen molar-refractivity contribution < 1.29 is 0 Å². The molecule has 0 aliphatic rings. The van der Waals surface area contributed by atoms with Gasteiger partial charge in [0, 0.05) is 18.4 Å². The smallest absolute Gasteiger partial charge is 0.0393 e. The van der Waals surface area contributed by atoms with E-state index in [1.54, 1.807) is 0 Å². The van der Waals surface area contributed by atoms with Crippen LogP contribution in [0.5, 0.6) is 0 Å². The highest BCUT2D eigenvalue weighted by atomic mass is 14.8. The SMILES string of the molecule is C=CCc1ccc(N)cc1NC. The Bertz CT molecular complexity index is 279. The van der Waals surface area contributed by atoms with Crippen molar-refractivity contribution >= 4 is 11.4 Å². The first-order valence-corrected chi connectivity index (χ1v) is 3.95. The number of rotatable bonds is 3. The lowest BCUT2D eigenvalue weighted by molar-refractivity contribution is 1.26. The maximum Gasteiger partial charge on any atom is 0.0393 e. The minimum atomic E-state index is 0.784. The largest absolute Gasteiger partial charge is 0.399 e. The number of nitrogens with two attached hydrogens (primary N) is 1. The van der Waals surface area contributed by atoms with E-state index >= 15 is 0 Å². The minimum Gasteiger partial charge on any atom is -0.399 e. The number of nitrogens with one attached hydrogen (secondary N) is 1. The summed E-state index contributed by atoms with van der Waals surface area (Å²) >= 11 is 0. The number of allylic oxidation sites excluding steroid dienone is 1. The van der Waals surface area contributed by atoms with E-state index in [-0.39, 0.29) is 0 Å². The Morgan fingerprint density at radius 2 is 2.33 bits per heavy atom. The summed E-state index contributed by atoms with van der Waals surface area (Å²) in [5, 5.41) is 3.09. The molecule has 0 amide bonds. The molecule has 1 rings (SSSR count). The predicted octanol–water partition coefficient (Wildman–Crippen LogP) is 2.04. The first-order chi connectivity index (χ1) is 5.77. The molecule has 1 aromatic rings. The van der Waals surface area contributed by atoms with Gasteiger partial charge in [0.2, 0.25) is 0 Å². The maximum absolute atomic E-state index is 5.63. The van der Waals surface area contributed by atoms with E-state index in [2.05, 4.69) is 11.9 Å². The fourth-order valence-electron chi connectivity index (χ4n) is 1.16. The summed E-state index contributed by atoms with van der Waals surface area (Å²) in [6, 6.07) is 5.85. The molecule has 2 nitrogen and oxygen atoms in total. The van der Waals surface area contributed by atoms with E-state index in [1.165, 1.54) is 5.56 Å². The van der Waals surface area contributed by atoms with Crippen LogP contribution in [-0.2, 0) is 6.42 Å². The molecule has 2 heteroatoms. The molecule has 0 radical (unpaired) electrons. The lowest BCUT2D eigenvalue weighted by atomic mass is 10.1. The zero-order valence-corrected chi connectivity index (χ0v) is 7.30. The average Bonchev–Trinajstić information content (AvgIpc) is 2.08. The molecule has 12 heavy (non-hydrogen) atoms. The Labute approximate surface area is 73.1 Å². The second kappa shape index (κ2) is 3.81. The first-order valence-electron chi connectivity index (χ1n) is 3.95. The molecule has 3 N–H and O–H groups in total. The monoisotopic (exact) mass is 162 g/mol. The third-order valence-corrected chi connectivity index (χ3v) is 1.77. The summed E-state index contributed by atoms with van der Waals surface area (Å²) in [6.45, 7) is 3.69. The van der Waals surface area contributed by atoms with Gasteiger partial charge in [-0.3, -0.25) is 0 Å². The number of benzene rings is 1. The number of hydrogen-bond acceptors (Lipinski definition) is 2. The summed E-state index contributed by atoms with van der Waals surface area (Å²) in [7, 11) is 1.89. The molecule has 0 aliphatic carbocycles. The van der Waals surface area contributed by atoms with Crippen molar-refractivity contribution in [2.24, 2.45) is 0 Å². The standard InChI is InChI=1S/C10H14N2/c1-3-4-8-5-6-9(11)7-10(8)12-2/h3,5-7,12H,1,4,11H2,2H3. The molecule has 0 saturated heterocycles. The van der Waals surface area contributed by atoms with Gasteiger partial charge in [0.25, 0.3) is 0 Å². The molecule has 0 unspecified atom stereocenters.